The number of aromatic amines is 1. The number of benzene rings is 1. The Morgan fingerprint density at radius 3 is 2.80 bits per heavy atom. The molecule has 0 saturated carbocycles. The molecule has 0 spiro atoms. The van der Waals surface area contributed by atoms with Gasteiger partial charge in [0.1, 0.15) is 5.56 Å². The van der Waals surface area contributed by atoms with Crippen molar-refractivity contribution in [2.45, 2.75) is 13.3 Å². The predicted molar refractivity (Wildman–Crippen MR) is 80.1 cm³/mol. The Hall–Kier alpha value is -2.14. The number of fused-ring (bicyclic) bond motifs is 1. The Morgan fingerprint density at radius 2 is 2.00 bits per heavy atom. The van der Waals surface area contributed by atoms with Gasteiger partial charge >= 0.3 is 0 Å². The van der Waals surface area contributed by atoms with E-state index in [1.165, 1.54) is 0 Å². The first kappa shape index (κ1) is 14.3. The summed E-state index contributed by atoms with van der Waals surface area (Å²) in [6.07, 6.45) is 1.05. The highest BCUT2D eigenvalue weighted by molar-refractivity contribution is 5.97. The van der Waals surface area contributed by atoms with Gasteiger partial charge in [-0.25, -0.2) is 0 Å². The highest BCUT2D eigenvalue weighted by Crippen LogP contribution is 2.09. The maximum Gasteiger partial charge on any atom is 0.261 e. The quantitative estimate of drug-likeness (QED) is 0.694. The largest absolute Gasteiger partial charge is 0.351 e. The van der Waals surface area contributed by atoms with Crippen LogP contribution in [0.25, 0.3) is 10.9 Å². The van der Waals surface area contributed by atoms with Crippen molar-refractivity contribution in [1.82, 2.24) is 15.6 Å². The fraction of sp³-hybridized carbons (Fsp3) is 0.333. The lowest BCUT2D eigenvalue weighted by molar-refractivity contribution is 0.0952. The Morgan fingerprint density at radius 1 is 1.20 bits per heavy atom. The van der Waals surface area contributed by atoms with Gasteiger partial charge in [0.2, 0.25) is 0 Å². The monoisotopic (exact) mass is 273 g/mol. The van der Waals surface area contributed by atoms with Crippen LogP contribution >= 0.6 is 0 Å². The first-order chi connectivity index (χ1) is 9.72. The molecule has 0 bridgehead atoms. The van der Waals surface area contributed by atoms with E-state index in [4.69, 9.17) is 0 Å². The van der Waals surface area contributed by atoms with Crippen molar-refractivity contribution in [3.63, 3.8) is 0 Å². The minimum Gasteiger partial charge on any atom is -0.351 e. The topological polar surface area (TPSA) is 74.0 Å². The van der Waals surface area contributed by atoms with E-state index in [0.29, 0.717) is 13.1 Å². The van der Waals surface area contributed by atoms with Gasteiger partial charge in [-0.15, -0.1) is 0 Å². The van der Waals surface area contributed by atoms with Crippen molar-refractivity contribution in [3.05, 3.63) is 46.2 Å². The van der Waals surface area contributed by atoms with Crippen molar-refractivity contribution < 1.29 is 4.79 Å². The molecule has 2 aromatic rings. The van der Waals surface area contributed by atoms with Gasteiger partial charge in [-0.3, -0.25) is 9.59 Å². The SMILES string of the molecule is CCCNCCNC(=O)c1cc2ccccc2[nH]c1=O. The molecule has 0 saturated heterocycles. The summed E-state index contributed by atoms with van der Waals surface area (Å²) in [5, 5.41) is 6.78. The molecule has 5 heteroatoms. The molecule has 0 fully saturated rings. The third kappa shape index (κ3) is 3.45. The van der Waals surface area contributed by atoms with Gasteiger partial charge in [0, 0.05) is 18.6 Å². The number of hydrogen-bond donors (Lipinski definition) is 3. The second-order valence-electron chi connectivity index (χ2n) is 4.61. The van der Waals surface area contributed by atoms with E-state index < -0.39 is 0 Å². The highest BCUT2D eigenvalue weighted by atomic mass is 16.2. The standard InChI is InChI=1S/C15H19N3O2/c1-2-7-16-8-9-17-14(19)12-10-11-5-3-4-6-13(11)18-15(12)20/h3-6,10,16H,2,7-9H2,1H3,(H,17,19)(H,18,20). The van der Waals surface area contributed by atoms with E-state index in [1.54, 1.807) is 6.07 Å². The molecule has 2 rings (SSSR count). The smallest absolute Gasteiger partial charge is 0.261 e. The molecule has 1 aromatic carbocycles. The number of nitrogens with one attached hydrogen (secondary N) is 3. The van der Waals surface area contributed by atoms with Crippen molar-refractivity contribution in [2.75, 3.05) is 19.6 Å². The molecule has 0 atom stereocenters. The number of pyridine rings is 1. The van der Waals surface area contributed by atoms with Crippen LogP contribution in [0.5, 0.6) is 0 Å². The molecule has 5 nitrogen and oxygen atoms in total. The zero-order valence-electron chi connectivity index (χ0n) is 11.5. The van der Waals surface area contributed by atoms with Crippen LogP contribution in [-0.2, 0) is 0 Å². The molecular formula is C15H19N3O2. The predicted octanol–water partition coefficient (Wildman–Crippen LogP) is 1.26. The molecule has 1 aromatic heterocycles. The average molecular weight is 273 g/mol. The maximum atomic E-state index is 12.0. The molecule has 0 aliphatic heterocycles. The Labute approximate surface area is 117 Å². The van der Waals surface area contributed by atoms with E-state index in [0.717, 1.165) is 23.9 Å². The molecule has 20 heavy (non-hydrogen) atoms. The second kappa shape index (κ2) is 6.86. The van der Waals surface area contributed by atoms with Crippen molar-refractivity contribution in [1.29, 1.82) is 0 Å². The lowest BCUT2D eigenvalue weighted by Gasteiger charge is -2.06. The fourth-order valence-corrected chi connectivity index (χ4v) is 1.98. The van der Waals surface area contributed by atoms with E-state index in [9.17, 15) is 9.59 Å². The van der Waals surface area contributed by atoms with E-state index in [2.05, 4.69) is 22.5 Å². The summed E-state index contributed by atoms with van der Waals surface area (Å²) in [6, 6.07) is 9.02. The zero-order valence-corrected chi connectivity index (χ0v) is 11.5. The van der Waals surface area contributed by atoms with E-state index in [1.807, 2.05) is 24.3 Å². The van der Waals surface area contributed by atoms with Crippen LogP contribution in [0.1, 0.15) is 23.7 Å². The van der Waals surface area contributed by atoms with Crippen LogP contribution in [0.15, 0.2) is 35.1 Å². The van der Waals surface area contributed by atoms with Crippen LogP contribution < -0.4 is 16.2 Å². The third-order valence-corrected chi connectivity index (χ3v) is 3.01. The van der Waals surface area contributed by atoms with E-state index >= 15 is 0 Å². The number of hydrogen-bond acceptors (Lipinski definition) is 3. The number of carbonyl (C=O) groups excluding carboxylic acids is 1. The summed E-state index contributed by atoms with van der Waals surface area (Å²) in [4.78, 5) is 26.6. The summed E-state index contributed by atoms with van der Waals surface area (Å²) in [7, 11) is 0. The number of carbonyl (C=O) groups is 1. The normalized spacial score (nSPS) is 10.7. The average Bonchev–Trinajstić information content (AvgIpc) is 2.46. The van der Waals surface area contributed by atoms with Crippen LogP contribution in [0.2, 0.25) is 0 Å². The lowest BCUT2D eigenvalue weighted by atomic mass is 10.1. The molecule has 0 aliphatic carbocycles. The summed E-state index contributed by atoms with van der Waals surface area (Å²) in [5.41, 5.74) is 0.528. The van der Waals surface area contributed by atoms with Crippen molar-refractivity contribution >= 4 is 16.8 Å². The van der Waals surface area contributed by atoms with Crippen LogP contribution in [-0.4, -0.2) is 30.5 Å². The van der Waals surface area contributed by atoms with Gasteiger partial charge in [0.15, 0.2) is 0 Å². The number of aromatic nitrogens is 1. The zero-order chi connectivity index (χ0) is 14.4. The molecule has 0 unspecified atom stereocenters. The molecule has 0 aliphatic rings. The third-order valence-electron chi connectivity index (χ3n) is 3.01. The fourth-order valence-electron chi connectivity index (χ4n) is 1.98. The van der Waals surface area contributed by atoms with E-state index in [-0.39, 0.29) is 17.0 Å². The van der Waals surface area contributed by atoms with Gasteiger partial charge in [-0.2, -0.15) is 0 Å². The molecular weight excluding hydrogens is 254 g/mol. The van der Waals surface area contributed by atoms with Gasteiger partial charge in [-0.1, -0.05) is 25.1 Å². The first-order valence-corrected chi connectivity index (χ1v) is 6.83. The van der Waals surface area contributed by atoms with Gasteiger partial charge in [-0.05, 0) is 30.5 Å². The number of H-pyrrole nitrogens is 1. The summed E-state index contributed by atoms with van der Waals surface area (Å²) in [5.74, 6) is -0.338. The number of amides is 1. The number of para-hydroxylation sites is 1. The summed E-state index contributed by atoms with van der Waals surface area (Å²) in [6.45, 7) is 4.21. The first-order valence-electron chi connectivity index (χ1n) is 6.83. The van der Waals surface area contributed by atoms with Crippen LogP contribution in [0, 0.1) is 0 Å². The van der Waals surface area contributed by atoms with Gasteiger partial charge in [0.25, 0.3) is 11.5 Å². The molecule has 0 radical (unpaired) electrons. The molecule has 1 amide bonds. The Bertz CT molecular complexity index is 649. The van der Waals surface area contributed by atoms with Gasteiger partial charge < -0.3 is 15.6 Å². The number of rotatable bonds is 6. The molecule has 3 N–H and O–H groups in total. The minimum atomic E-state index is -0.359. The maximum absolute atomic E-state index is 12.0. The van der Waals surface area contributed by atoms with Crippen molar-refractivity contribution in [2.24, 2.45) is 0 Å². The summed E-state index contributed by atoms with van der Waals surface area (Å²) < 4.78 is 0. The molecule has 106 valence electrons. The summed E-state index contributed by atoms with van der Waals surface area (Å²) >= 11 is 0. The highest BCUT2D eigenvalue weighted by Gasteiger charge is 2.10. The van der Waals surface area contributed by atoms with Crippen molar-refractivity contribution in [3.8, 4) is 0 Å². The van der Waals surface area contributed by atoms with Crippen LogP contribution in [0.3, 0.4) is 0 Å². The molecule has 1 heterocycles. The Balaban J connectivity index is 2.06. The Kier molecular flexibility index (Phi) is 4.90. The lowest BCUT2D eigenvalue weighted by Crippen LogP contribution is -2.34. The van der Waals surface area contributed by atoms with Gasteiger partial charge in [0.05, 0.1) is 0 Å². The van der Waals surface area contributed by atoms with Crippen LogP contribution in [0.4, 0.5) is 0 Å². The minimum absolute atomic E-state index is 0.152. The second-order valence-corrected chi connectivity index (χ2v) is 4.61.